The van der Waals surface area contributed by atoms with E-state index in [2.05, 4.69) is 203 Å². The molecule has 3 aliphatic heterocycles. The van der Waals surface area contributed by atoms with Crippen molar-refractivity contribution in [1.82, 2.24) is 9.13 Å². The minimum atomic E-state index is -0.540. The van der Waals surface area contributed by atoms with E-state index in [1.54, 1.807) is 0 Å². The van der Waals surface area contributed by atoms with Crippen LogP contribution in [-0.4, -0.2) is 14.8 Å². The summed E-state index contributed by atoms with van der Waals surface area (Å²) in [7, 11) is 0. The highest BCUT2D eigenvalue weighted by molar-refractivity contribution is 7.99. The Bertz CT molecular complexity index is 3410. The predicted molar refractivity (Wildman–Crippen MR) is 241 cm³/mol. The molecule has 0 amide bonds. The molecule has 0 N–H and O–H groups in total. The van der Waals surface area contributed by atoms with Gasteiger partial charge in [0.15, 0.2) is 0 Å². The van der Waals surface area contributed by atoms with Gasteiger partial charge < -0.3 is 9.13 Å². The van der Waals surface area contributed by atoms with Crippen LogP contribution in [0.3, 0.4) is 0 Å². The van der Waals surface area contributed by atoms with E-state index in [0.717, 1.165) is 17.7 Å². The Morgan fingerprint density at radius 2 is 1.12 bits per heavy atom. The highest BCUT2D eigenvalue weighted by Crippen LogP contribution is 2.61. The summed E-state index contributed by atoms with van der Waals surface area (Å²) in [5, 5.41) is 5.10. The molecule has 5 heterocycles. The van der Waals surface area contributed by atoms with Crippen molar-refractivity contribution in [1.29, 1.82) is 0 Å². The topological polar surface area (TPSA) is 22.2 Å². The van der Waals surface area contributed by atoms with Crippen molar-refractivity contribution in [3.63, 3.8) is 0 Å². The number of hydrogen-bond donors (Lipinski definition) is 0. The molecule has 0 saturated heterocycles. The summed E-state index contributed by atoms with van der Waals surface area (Å²) < 4.78 is 5.06. The largest absolute Gasteiger partial charge is 0.317 e. The Kier molecular flexibility index (Phi) is 6.70. The number of fused-ring (bicyclic) bond motifs is 14. The van der Waals surface area contributed by atoms with Gasteiger partial charge >= 0.3 is 0 Å². The number of benzene rings is 8. The van der Waals surface area contributed by atoms with Gasteiger partial charge in [0, 0.05) is 37.8 Å². The zero-order valence-electron chi connectivity index (χ0n) is 31.5. The molecule has 0 radical (unpaired) electrons. The van der Waals surface area contributed by atoms with Gasteiger partial charge in [0.05, 0.1) is 38.9 Å². The average molecular weight is 758 g/mol. The van der Waals surface area contributed by atoms with E-state index in [-0.39, 0.29) is 6.17 Å². The maximum atomic E-state index is 5.60. The molecular weight excluding hydrogens is 723 g/mol. The normalized spacial score (nSPS) is 18.0. The summed E-state index contributed by atoms with van der Waals surface area (Å²) in [6.45, 7) is 0. The molecule has 2 aromatic heterocycles. The molecule has 0 bridgehead atoms. The molecule has 0 aliphatic carbocycles. The number of allylic oxidation sites excluding steroid dienone is 1. The highest BCUT2D eigenvalue weighted by Gasteiger charge is 2.49. The molecule has 3 aliphatic rings. The number of nitrogens with zero attached hydrogens (tertiary/aromatic N) is 3. The van der Waals surface area contributed by atoms with Gasteiger partial charge in [-0.05, 0) is 81.4 Å². The fraction of sp³-hybridized carbons (Fsp3) is 0.0556. The van der Waals surface area contributed by atoms with Crippen molar-refractivity contribution in [2.45, 2.75) is 27.8 Å². The lowest BCUT2D eigenvalue weighted by Gasteiger charge is -2.45. The van der Waals surface area contributed by atoms with Gasteiger partial charge in [0.1, 0.15) is 6.17 Å². The van der Waals surface area contributed by atoms with E-state index in [0.29, 0.717) is 0 Å². The van der Waals surface area contributed by atoms with Crippen LogP contribution in [0, 0.1) is 0 Å². The van der Waals surface area contributed by atoms with E-state index >= 15 is 0 Å². The van der Waals surface area contributed by atoms with E-state index < -0.39 is 5.41 Å². The smallest absolute Gasteiger partial charge is 0.130 e. The SMILES string of the molecule is C1=C(c2ccccc2)CC(n2c3ccccc3c3cc4c(cc32)Sc2ccccc2C42c3ccccc3-n3c4ccccc4c4cccc2c43)N=C1c1ccccc1. The molecule has 272 valence electrons. The molecule has 3 nitrogen and oxygen atoms in total. The van der Waals surface area contributed by atoms with E-state index in [1.165, 1.54) is 92.5 Å². The molecule has 13 rings (SSSR count). The van der Waals surface area contributed by atoms with Crippen LogP contribution < -0.4 is 0 Å². The average Bonchev–Trinajstić information content (AvgIpc) is 3.81. The van der Waals surface area contributed by atoms with Gasteiger partial charge in [-0.15, -0.1) is 0 Å². The van der Waals surface area contributed by atoms with E-state index in [4.69, 9.17) is 4.99 Å². The Labute approximate surface area is 340 Å². The lowest BCUT2D eigenvalue weighted by molar-refractivity contribution is 0.567. The molecular formula is C54H35N3S. The molecule has 0 saturated carbocycles. The van der Waals surface area contributed by atoms with Gasteiger partial charge in [0.25, 0.3) is 0 Å². The van der Waals surface area contributed by atoms with Gasteiger partial charge in [-0.25, -0.2) is 0 Å². The standard InChI is InChI=1S/C54H35N3S/c1-3-16-34(17-4-1)36-30-45(35-18-5-2-6-19-35)55-52(31-36)56-46-26-11-8-21-38(46)40-32-44-51(33-49(40)56)58-50-29-14-10-24-42(50)54(44)41-23-9-13-28-48(41)57-47-27-12-7-20-37(47)39-22-15-25-43(54)53(39)57/h1-30,32-33,52H,31H2. The minimum absolute atomic E-state index is 0.134. The van der Waals surface area contributed by atoms with Crippen molar-refractivity contribution < 1.29 is 0 Å². The van der Waals surface area contributed by atoms with Crippen molar-refractivity contribution in [2.75, 3.05) is 0 Å². The Balaban J connectivity index is 1.12. The number of aliphatic imine (C=N–C) groups is 1. The van der Waals surface area contributed by atoms with Crippen LogP contribution >= 0.6 is 11.8 Å². The quantitative estimate of drug-likeness (QED) is 0.176. The van der Waals surface area contributed by atoms with Crippen LogP contribution in [0.15, 0.2) is 209 Å². The van der Waals surface area contributed by atoms with Crippen molar-refractivity contribution in [3.05, 3.63) is 228 Å². The van der Waals surface area contributed by atoms with Crippen LogP contribution in [0.2, 0.25) is 0 Å². The second kappa shape index (κ2) is 12.1. The number of para-hydroxylation sites is 4. The first kappa shape index (κ1) is 32.2. The van der Waals surface area contributed by atoms with Gasteiger partial charge in [-0.2, -0.15) is 0 Å². The fourth-order valence-electron chi connectivity index (χ4n) is 10.6. The number of dihydropyridines is 1. The summed E-state index contributed by atoms with van der Waals surface area (Å²) in [4.78, 5) is 8.18. The first-order chi connectivity index (χ1) is 28.8. The lowest BCUT2D eigenvalue weighted by atomic mass is 9.62. The molecule has 10 aromatic rings. The number of aromatic nitrogens is 2. The second-order valence-corrected chi connectivity index (χ2v) is 16.9. The Hall–Kier alpha value is -6.88. The first-order valence-corrected chi connectivity index (χ1v) is 21.0. The van der Waals surface area contributed by atoms with Gasteiger partial charge in [-0.3, -0.25) is 4.99 Å². The van der Waals surface area contributed by atoms with Crippen molar-refractivity contribution in [2.24, 2.45) is 4.99 Å². The predicted octanol–water partition coefficient (Wildman–Crippen LogP) is 13.5. The van der Waals surface area contributed by atoms with Crippen molar-refractivity contribution >= 4 is 66.7 Å². The number of rotatable bonds is 3. The summed E-state index contributed by atoms with van der Waals surface area (Å²) in [6, 6.07) is 69.7. The van der Waals surface area contributed by atoms with Crippen LogP contribution in [0.1, 0.15) is 46.0 Å². The fourth-order valence-corrected chi connectivity index (χ4v) is 11.8. The maximum absolute atomic E-state index is 5.60. The van der Waals surface area contributed by atoms with Crippen LogP contribution in [0.4, 0.5) is 0 Å². The summed E-state index contributed by atoms with van der Waals surface area (Å²) >= 11 is 1.91. The third-order valence-corrected chi connectivity index (χ3v) is 14.0. The molecule has 58 heavy (non-hydrogen) atoms. The third kappa shape index (κ3) is 4.27. The van der Waals surface area contributed by atoms with Crippen molar-refractivity contribution in [3.8, 4) is 5.69 Å². The van der Waals surface area contributed by atoms with Gasteiger partial charge in [0.2, 0.25) is 0 Å². The van der Waals surface area contributed by atoms with Crippen LogP contribution in [0.5, 0.6) is 0 Å². The van der Waals surface area contributed by atoms with E-state index in [1.807, 2.05) is 11.8 Å². The Morgan fingerprint density at radius 1 is 0.483 bits per heavy atom. The monoisotopic (exact) mass is 757 g/mol. The summed E-state index contributed by atoms with van der Waals surface area (Å²) in [6.07, 6.45) is 2.96. The van der Waals surface area contributed by atoms with Crippen LogP contribution in [-0.2, 0) is 5.41 Å². The van der Waals surface area contributed by atoms with Crippen LogP contribution in [0.25, 0.3) is 54.9 Å². The number of hydrogen-bond acceptors (Lipinski definition) is 2. The Morgan fingerprint density at radius 3 is 1.95 bits per heavy atom. The highest BCUT2D eigenvalue weighted by atomic mass is 32.2. The third-order valence-electron chi connectivity index (χ3n) is 12.9. The first-order valence-electron chi connectivity index (χ1n) is 20.1. The molecule has 8 aromatic carbocycles. The van der Waals surface area contributed by atoms with E-state index in [9.17, 15) is 0 Å². The molecule has 2 atom stereocenters. The molecule has 2 unspecified atom stereocenters. The van der Waals surface area contributed by atoms with Gasteiger partial charge in [-0.1, -0.05) is 163 Å². The second-order valence-electron chi connectivity index (χ2n) is 15.8. The lowest BCUT2D eigenvalue weighted by Crippen LogP contribution is -2.37. The zero-order chi connectivity index (χ0) is 38.0. The summed E-state index contributed by atoms with van der Waals surface area (Å²) in [5.74, 6) is 0. The molecule has 1 spiro atoms. The molecule has 0 fully saturated rings. The molecule has 4 heteroatoms. The summed E-state index contributed by atoms with van der Waals surface area (Å²) in [5.41, 5.74) is 15.7. The zero-order valence-corrected chi connectivity index (χ0v) is 32.3. The minimum Gasteiger partial charge on any atom is -0.317 e. The maximum Gasteiger partial charge on any atom is 0.130 e.